The van der Waals surface area contributed by atoms with Crippen LogP contribution in [0.25, 0.3) is 0 Å². The first kappa shape index (κ1) is 9.96. The van der Waals surface area contributed by atoms with Gasteiger partial charge in [-0.3, -0.25) is 0 Å². The fourth-order valence-corrected chi connectivity index (χ4v) is 0.781. The average Bonchev–Trinajstić information content (AvgIpc) is 2.11. The van der Waals surface area contributed by atoms with Gasteiger partial charge in [-0.25, -0.2) is 0 Å². The molecule has 0 aliphatic heterocycles. The zero-order valence-electron chi connectivity index (χ0n) is 7.38. The second kappa shape index (κ2) is 7.07. The van der Waals surface area contributed by atoms with Crippen LogP contribution in [0.15, 0.2) is 43.0 Å². The van der Waals surface area contributed by atoms with Crippen molar-refractivity contribution in [3.63, 3.8) is 0 Å². The second-order valence-electron chi connectivity index (χ2n) is 1.98. The fraction of sp³-hybridized carbons (Fsp3) is 0.273. The summed E-state index contributed by atoms with van der Waals surface area (Å²) in [5, 5.41) is 0. The monoisotopic (exact) mass is 148 g/mol. The van der Waals surface area contributed by atoms with E-state index in [1.807, 2.05) is 38.1 Å². The molecule has 0 saturated heterocycles. The van der Waals surface area contributed by atoms with Crippen molar-refractivity contribution in [1.29, 1.82) is 0 Å². The maximum Gasteiger partial charge on any atom is -0.0100 e. The highest BCUT2D eigenvalue weighted by molar-refractivity contribution is 5.16. The molecule has 0 atom stereocenters. The van der Waals surface area contributed by atoms with Crippen molar-refractivity contribution in [3.8, 4) is 0 Å². The van der Waals surface area contributed by atoms with Crippen LogP contribution >= 0.6 is 0 Å². The molecule has 0 N–H and O–H groups in total. The summed E-state index contributed by atoms with van der Waals surface area (Å²) >= 11 is 0. The van der Waals surface area contributed by atoms with Crippen LogP contribution in [0.3, 0.4) is 0 Å². The van der Waals surface area contributed by atoms with Gasteiger partial charge in [0, 0.05) is 0 Å². The van der Waals surface area contributed by atoms with Gasteiger partial charge in [0.15, 0.2) is 0 Å². The normalized spacial score (nSPS) is 7.82. The molecule has 0 amide bonds. The molecule has 0 nitrogen and oxygen atoms in total. The molecule has 1 aromatic carbocycles. The molecule has 0 radical (unpaired) electrons. The Morgan fingerprint density at radius 3 is 2.18 bits per heavy atom. The molecule has 0 aliphatic carbocycles. The van der Waals surface area contributed by atoms with Crippen LogP contribution in [0.4, 0.5) is 0 Å². The van der Waals surface area contributed by atoms with E-state index in [4.69, 9.17) is 0 Å². The minimum atomic E-state index is 0.973. The molecule has 0 unspecified atom stereocenters. The lowest BCUT2D eigenvalue weighted by Crippen LogP contribution is -1.75. The van der Waals surface area contributed by atoms with E-state index in [2.05, 4.69) is 18.7 Å². The molecule has 0 heteroatoms. The fourth-order valence-electron chi connectivity index (χ4n) is 0.781. The summed E-state index contributed by atoms with van der Waals surface area (Å²) in [4.78, 5) is 0. The summed E-state index contributed by atoms with van der Waals surface area (Å²) in [7, 11) is 0. The first-order chi connectivity index (χ1) is 5.43. The third kappa shape index (κ3) is 4.38. The Bertz CT molecular complexity index is 174. The zero-order chi connectivity index (χ0) is 8.53. The van der Waals surface area contributed by atoms with Gasteiger partial charge in [-0.1, -0.05) is 50.3 Å². The summed E-state index contributed by atoms with van der Waals surface area (Å²) in [5.41, 5.74) is 1.33. The minimum absolute atomic E-state index is 0.973. The van der Waals surface area contributed by atoms with E-state index in [0.29, 0.717) is 0 Å². The highest BCUT2D eigenvalue weighted by Gasteiger charge is 1.82. The van der Waals surface area contributed by atoms with Gasteiger partial charge < -0.3 is 0 Å². The van der Waals surface area contributed by atoms with Gasteiger partial charge in [0.25, 0.3) is 0 Å². The Hall–Kier alpha value is -1.04. The zero-order valence-corrected chi connectivity index (χ0v) is 7.38. The van der Waals surface area contributed by atoms with Crippen molar-refractivity contribution in [3.05, 3.63) is 48.6 Å². The van der Waals surface area contributed by atoms with Crippen molar-refractivity contribution < 1.29 is 0 Å². The van der Waals surface area contributed by atoms with E-state index in [1.165, 1.54) is 5.56 Å². The largest absolute Gasteiger partial charge is 0.103 e. The van der Waals surface area contributed by atoms with Crippen LogP contribution in [0.5, 0.6) is 0 Å². The summed E-state index contributed by atoms with van der Waals surface area (Å²) in [6, 6.07) is 10.3. The summed E-state index contributed by atoms with van der Waals surface area (Å²) in [5.74, 6) is 0. The first-order valence-corrected chi connectivity index (χ1v) is 4.08. The predicted molar refractivity (Wildman–Crippen MR) is 51.7 cm³/mol. The summed E-state index contributed by atoms with van der Waals surface area (Å²) < 4.78 is 0. The Morgan fingerprint density at radius 2 is 1.73 bits per heavy atom. The Kier molecular flexibility index (Phi) is 6.40. The van der Waals surface area contributed by atoms with Crippen molar-refractivity contribution in [2.75, 3.05) is 0 Å². The summed E-state index contributed by atoms with van der Waals surface area (Å²) in [6.07, 6.45) is 2.89. The van der Waals surface area contributed by atoms with Gasteiger partial charge >= 0.3 is 0 Å². The second-order valence-corrected chi connectivity index (χ2v) is 1.98. The van der Waals surface area contributed by atoms with Gasteiger partial charge in [0.1, 0.15) is 0 Å². The maximum absolute atomic E-state index is 3.66. The molecule has 0 fully saturated rings. The number of allylic oxidation sites excluding steroid dienone is 1. The minimum Gasteiger partial charge on any atom is -0.103 e. The molecule has 1 rings (SSSR count). The molecule has 11 heavy (non-hydrogen) atoms. The van der Waals surface area contributed by atoms with E-state index in [0.717, 1.165) is 6.42 Å². The van der Waals surface area contributed by atoms with Crippen molar-refractivity contribution >= 4 is 0 Å². The van der Waals surface area contributed by atoms with E-state index in [1.54, 1.807) is 0 Å². The lowest BCUT2D eigenvalue weighted by atomic mass is 10.2. The van der Waals surface area contributed by atoms with E-state index in [9.17, 15) is 0 Å². The van der Waals surface area contributed by atoms with Crippen molar-refractivity contribution in [2.45, 2.75) is 20.3 Å². The molecule has 0 saturated carbocycles. The highest BCUT2D eigenvalue weighted by Crippen LogP contribution is 1.98. The molecule has 60 valence electrons. The molecule has 0 heterocycles. The Balaban J connectivity index is 0.000000461. The van der Waals surface area contributed by atoms with Crippen LogP contribution in [0, 0.1) is 0 Å². The first-order valence-electron chi connectivity index (χ1n) is 4.08. The molecule has 1 aromatic rings. The standard InChI is InChI=1S/C9H10.C2H6/c1-2-6-9-7-4-3-5-8-9;1-2/h2-5,7-8H,1,6H2;1-2H3. The molecular formula is C11H16. The lowest BCUT2D eigenvalue weighted by Gasteiger charge is -1.91. The Morgan fingerprint density at radius 1 is 1.18 bits per heavy atom. The third-order valence-electron chi connectivity index (χ3n) is 1.22. The third-order valence-corrected chi connectivity index (χ3v) is 1.22. The lowest BCUT2D eigenvalue weighted by molar-refractivity contribution is 1.28. The van der Waals surface area contributed by atoms with Crippen LogP contribution in [-0.4, -0.2) is 0 Å². The SMILES string of the molecule is C=CCc1ccccc1.CC. The predicted octanol–water partition coefficient (Wildman–Crippen LogP) is 3.44. The van der Waals surface area contributed by atoms with Crippen molar-refractivity contribution in [2.24, 2.45) is 0 Å². The van der Waals surface area contributed by atoms with Crippen LogP contribution in [0.2, 0.25) is 0 Å². The van der Waals surface area contributed by atoms with Crippen LogP contribution in [0.1, 0.15) is 19.4 Å². The van der Waals surface area contributed by atoms with Gasteiger partial charge in [-0.15, -0.1) is 6.58 Å². The smallest absolute Gasteiger partial charge is 0.0100 e. The van der Waals surface area contributed by atoms with E-state index < -0.39 is 0 Å². The number of hydrogen-bond donors (Lipinski definition) is 0. The molecular weight excluding hydrogens is 132 g/mol. The average molecular weight is 148 g/mol. The van der Waals surface area contributed by atoms with Gasteiger partial charge in [-0.05, 0) is 12.0 Å². The van der Waals surface area contributed by atoms with Crippen LogP contribution < -0.4 is 0 Å². The highest BCUT2D eigenvalue weighted by atomic mass is 13.9. The van der Waals surface area contributed by atoms with Crippen LogP contribution in [-0.2, 0) is 6.42 Å². The number of benzene rings is 1. The Labute approximate surface area is 69.6 Å². The quantitative estimate of drug-likeness (QED) is 0.563. The maximum atomic E-state index is 3.66. The summed E-state index contributed by atoms with van der Waals surface area (Å²) in [6.45, 7) is 7.66. The number of rotatable bonds is 2. The van der Waals surface area contributed by atoms with Crippen molar-refractivity contribution in [1.82, 2.24) is 0 Å². The van der Waals surface area contributed by atoms with E-state index >= 15 is 0 Å². The number of hydrogen-bond acceptors (Lipinski definition) is 0. The van der Waals surface area contributed by atoms with Gasteiger partial charge in [-0.2, -0.15) is 0 Å². The van der Waals surface area contributed by atoms with Gasteiger partial charge in [0.05, 0.1) is 0 Å². The molecule has 0 aromatic heterocycles. The molecule has 0 aliphatic rings. The molecule has 0 spiro atoms. The topological polar surface area (TPSA) is 0 Å². The van der Waals surface area contributed by atoms with E-state index in [-0.39, 0.29) is 0 Å². The molecule has 0 bridgehead atoms. The van der Waals surface area contributed by atoms with Gasteiger partial charge in [0.2, 0.25) is 0 Å².